The highest BCUT2D eigenvalue weighted by Crippen LogP contribution is 2.16. The molecule has 0 saturated carbocycles. The van der Waals surface area contributed by atoms with E-state index in [4.69, 9.17) is 4.74 Å². The smallest absolute Gasteiger partial charge is 0.261 e. The number of nitrogens with zero attached hydrogens (tertiary/aromatic N) is 2. The molecule has 1 aromatic carbocycles. The highest BCUT2D eigenvalue weighted by Gasteiger charge is 2.14. The molecule has 1 N–H and O–H groups in total. The minimum atomic E-state index is 0.00639. The first kappa shape index (κ1) is 13.1. The summed E-state index contributed by atoms with van der Waals surface area (Å²) in [4.78, 5) is 16.8. The van der Waals surface area contributed by atoms with E-state index in [0.29, 0.717) is 29.2 Å². The van der Waals surface area contributed by atoms with Crippen molar-refractivity contribution in [2.45, 2.75) is 31.8 Å². The van der Waals surface area contributed by atoms with Crippen molar-refractivity contribution in [3.05, 3.63) is 34.9 Å². The van der Waals surface area contributed by atoms with E-state index < -0.39 is 0 Å². The lowest BCUT2D eigenvalue weighted by molar-refractivity contribution is 0.415. The van der Waals surface area contributed by atoms with Gasteiger partial charge < -0.3 is 10.1 Å². The van der Waals surface area contributed by atoms with E-state index >= 15 is 0 Å². The summed E-state index contributed by atoms with van der Waals surface area (Å²) in [6.07, 6.45) is 5.04. The van der Waals surface area contributed by atoms with Crippen LogP contribution in [0, 0.1) is 0 Å². The average Bonchev–Trinajstić information content (AvgIpc) is 3.00. The second-order valence-electron chi connectivity index (χ2n) is 5.21. The second kappa shape index (κ2) is 5.63. The van der Waals surface area contributed by atoms with E-state index in [-0.39, 0.29) is 5.56 Å². The normalized spacial score (nSPS) is 18.6. The number of methoxy groups -OCH3 is 1. The van der Waals surface area contributed by atoms with E-state index in [1.165, 1.54) is 12.8 Å². The predicted molar refractivity (Wildman–Crippen MR) is 78.2 cm³/mol. The lowest BCUT2D eigenvalue weighted by atomic mass is 10.1. The van der Waals surface area contributed by atoms with E-state index in [1.54, 1.807) is 24.1 Å². The first-order valence-electron chi connectivity index (χ1n) is 7.04. The minimum Gasteiger partial charge on any atom is -0.497 e. The molecule has 0 radical (unpaired) electrons. The molecule has 3 rings (SSSR count). The number of benzene rings is 1. The highest BCUT2D eigenvalue weighted by atomic mass is 16.5. The lowest BCUT2D eigenvalue weighted by Crippen LogP contribution is -2.27. The van der Waals surface area contributed by atoms with Crippen LogP contribution in [0.1, 0.15) is 19.3 Å². The fourth-order valence-electron chi connectivity index (χ4n) is 2.72. The lowest BCUT2D eigenvalue weighted by Gasteiger charge is -2.11. The van der Waals surface area contributed by atoms with Gasteiger partial charge in [-0.05, 0) is 44.0 Å². The molecule has 1 aromatic heterocycles. The molecule has 1 aliphatic rings. The van der Waals surface area contributed by atoms with Gasteiger partial charge in [-0.15, -0.1) is 0 Å². The summed E-state index contributed by atoms with van der Waals surface area (Å²) in [6, 6.07) is 5.93. The maximum Gasteiger partial charge on any atom is 0.261 e. The Bertz CT molecular complexity index is 660. The molecule has 2 aromatic rings. The van der Waals surface area contributed by atoms with Crippen LogP contribution in [0.3, 0.4) is 0 Å². The number of rotatable bonds is 4. The zero-order valence-electron chi connectivity index (χ0n) is 11.6. The average molecular weight is 273 g/mol. The zero-order chi connectivity index (χ0) is 13.9. The molecule has 106 valence electrons. The topological polar surface area (TPSA) is 56.1 Å². The molecule has 2 heterocycles. The van der Waals surface area contributed by atoms with E-state index in [1.807, 2.05) is 12.1 Å². The van der Waals surface area contributed by atoms with Gasteiger partial charge in [-0.2, -0.15) is 0 Å². The molecule has 0 unspecified atom stereocenters. The van der Waals surface area contributed by atoms with Gasteiger partial charge in [0.2, 0.25) is 0 Å². The van der Waals surface area contributed by atoms with Crippen molar-refractivity contribution in [1.29, 1.82) is 0 Å². The molecule has 1 saturated heterocycles. The number of aryl methyl sites for hydroxylation is 1. The van der Waals surface area contributed by atoms with Crippen molar-refractivity contribution >= 4 is 10.9 Å². The summed E-state index contributed by atoms with van der Waals surface area (Å²) < 4.78 is 6.87. The van der Waals surface area contributed by atoms with Crippen LogP contribution in [-0.4, -0.2) is 29.2 Å². The molecule has 1 aliphatic heterocycles. The standard InChI is InChI=1S/C15H19N3O2/c1-20-12-4-5-14-13(9-12)15(19)18(10-17-14)8-6-11-3-2-7-16-11/h4-5,9-11,16H,2-3,6-8H2,1H3/t11-/m0/s1. The Morgan fingerprint density at radius 2 is 2.40 bits per heavy atom. The molecule has 0 spiro atoms. The van der Waals surface area contributed by atoms with Gasteiger partial charge >= 0.3 is 0 Å². The Hall–Kier alpha value is -1.88. The van der Waals surface area contributed by atoms with Crippen molar-refractivity contribution in [1.82, 2.24) is 14.9 Å². The van der Waals surface area contributed by atoms with Crippen LogP contribution in [0.25, 0.3) is 10.9 Å². The maximum atomic E-state index is 12.4. The molecule has 0 amide bonds. The van der Waals surface area contributed by atoms with Gasteiger partial charge in [0.1, 0.15) is 5.75 Å². The number of hydrogen-bond acceptors (Lipinski definition) is 4. The minimum absolute atomic E-state index is 0.00639. The van der Waals surface area contributed by atoms with Crippen LogP contribution in [0.15, 0.2) is 29.3 Å². The van der Waals surface area contributed by atoms with Crippen LogP contribution in [0.4, 0.5) is 0 Å². The molecule has 0 aliphatic carbocycles. The Balaban J connectivity index is 1.87. The summed E-state index contributed by atoms with van der Waals surface area (Å²) in [5, 5.41) is 4.06. The number of nitrogens with one attached hydrogen (secondary N) is 1. The van der Waals surface area contributed by atoms with E-state index in [2.05, 4.69) is 10.3 Å². The predicted octanol–water partition coefficient (Wildman–Crippen LogP) is 1.55. The number of fused-ring (bicyclic) bond motifs is 1. The molecule has 5 heteroatoms. The Morgan fingerprint density at radius 3 is 3.15 bits per heavy atom. The molecular formula is C15H19N3O2. The van der Waals surface area contributed by atoms with Crippen LogP contribution in [0.5, 0.6) is 5.75 Å². The zero-order valence-corrected chi connectivity index (χ0v) is 11.6. The van der Waals surface area contributed by atoms with Gasteiger partial charge in [0.25, 0.3) is 5.56 Å². The SMILES string of the molecule is COc1ccc2ncn(CC[C@@H]3CCCN3)c(=O)c2c1. The van der Waals surface area contributed by atoms with Gasteiger partial charge in [0, 0.05) is 12.6 Å². The third-order valence-corrected chi connectivity index (χ3v) is 3.91. The van der Waals surface area contributed by atoms with Crippen molar-refractivity contribution in [3.8, 4) is 5.75 Å². The van der Waals surface area contributed by atoms with Crippen molar-refractivity contribution in [2.75, 3.05) is 13.7 Å². The fraction of sp³-hybridized carbons (Fsp3) is 0.467. The number of ether oxygens (including phenoxy) is 1. The first-order valence-corrected chi connectivity index (χ1v) is 7.04. The largest absolute Gasteiger partial charge is 0.497 e. The molecule has 0 bridgehead atoms. The molecule has 1 fully saturated rings. The highest BCUT2D eigenvalue weighted by molar-refractivity contribution is 5.78. The van der Waals surface area contributed by atoms with E-state index in [0.717, 1.165) is 13.0 Å². The van der Waals surface area contributed by atoms with Crippen molar-refractivity contribution in [3.63, 3.8) is 0 Å². The monoisotopic (exact) mass is 273 g/mol. The van der Waals surface area contributed by atoms with Crippen LogP contribution < -0.4 is 15.6 Å². The van der Waals surface area contributed by atoms with Crippen LogP contribution in [-0.2, 0) is 6.54 Å². The third kappa shape index (κ3) is 2.54. The number of hydrogen-bond donors (Lipinski definition) is 1. The van der Waals surface area contributed by atoms with Gasteiger partial charge in [0.05, 0.1) is 24.3 Å². The third-order valence-electron chi connectivity index (χ3n) is 3.91. The fourth-order valence-corrected chi connectivity index (χ4v) is 2.72. The van der Waals surface area contributed by atoms with Crippen LogP contribution >= 0.6 is 0 Å². The quantitative estimate of drug-likeness (QED) is 0.918. The second-order valence-corrected chi connectivity index (χ2v) is 5.21. The van der Waals surface area contributed by atoms with Crippen molar-refractivity contribution < 1.29 is 4.74 Å². The van der Waals surface area contributed by atoms with Gasteiger partial charge in [-0.3, -0.25) is 9.36 Å². The van der Waals surface area contributed by atoms with Crippen molar-refractivity contribution in [2.24, 2.45) is 0 Å². The molecule has 5 nitrogen and oxygen atoms in total. The first-order chi connectivity index (χ1) is 9.78. The Kier molecular flexibility index (Phi) is 3.69. The summed E-state index contributed by atoms with van der Waals surface area (Å²) in [6.45, 7) is 1.80. The summed E-state index contributed by atoms with van der Waals surface area (Å²) in [7, 11) is 1.60. The van der Waals surface area contributed by atoms with Gasteiger partial charge in [-0.25, -0.2) is 4.98 Å². The Morgan fingerprint density at radius 1 is 1.50 bits per heavy atom. The van der Waals surface area contributed by atoms with Gasteiger partial charge in [0.15, 0.2) is 0 Å². The summed E-state index contributed by atoms with van der Waals surface area (Å²) in [5.74, 6) is 0.687. The van der Waals surface area contributed by atoms with Crippen LogP contribution in [0.2, 0.25) is 0 Å². The summed E-state index contributed by atoms with van der Waals surface area (Å²) in [5.41, 5.74) is 0.720. The maximum absolute atomic E-state index is 12.4. The molecular weight excluding hydrogens is 254 g/mol. The molecule has 1 atom stereocenters. The van der Waals surface area contributed by atoms with Gasteiger partial charge in [-0.1, -0.05) is 0 Å². The van der Waals surface area contributed by atoms with E-state index in [9.17, 15) is 4.79 Å². The summed E-state index contributed by atoms with van der Waals surface area (Å²) >= 11 is 0. The molecule has 20 heavy (non-hydrogen) atoms. The Labute approximate surface area is 117 Å². The number of aromatic nitrogens is 2.